The summed E-state index contributed by atoms with van der Waals surface area (Å²) in [5, 5.41) is 7.89. The van der Waals surface area contributed by atoms with Gasteiger partial charge in [-0.1, -0.05) is 206 Å². The summed E-state index contributed by atoms with van der Waals surface area (Å²) in [6.45, 7) is 0. The first kappa shape index (κ1) is 34.5. The molecule has 0 heteroatoms. The zero-order valence-electron chi connectivity index (χ0n) is 34.9. The lowest BCUT2D eigenvalue weighted by molar-refractivity contribution is 0.758. The van der Waals surface area contributed by atoms with Crippen LogP contribution in [0.4, 0.5) is 0 Å². The minimum absolute atomic E-state index is 0.212. The van der Waals surface area contributed by atoms with Crippen LogP contribution in [0.15, 0.2) is 218 Å². The van der Waals surface area contributed by atoms with E-state index in [0.717, 1.165) is 0 Å². The highest BCUT2D eigenvalue weighted by Gasteiger charge is 2.49. The molecule has 15 rings (SSSR count). The quantitative estimate of drug-likeness (QED) is 0.166. The number of hydrogen-bond acceptors (Lipinski definition) is 0. The molecule has 0 saturated heterocycles. The minimum Gasteiger partial charge on any atom is -0.0622 e. The van der Waals surface area contributed by atoms with Crippen molar-refractivity contribution in [3.8, 4) is 66.8 Å². The van der Waals surface area contributed by atoms with E-state index < -0.39 is 0 Å². The number of allylic oxidation sites excluding steroid dienone is 8. The lowest BCUT2D eigenvalue weighted by Crippen LogP contribution is -2.17. The van der Waals surface area contributed by atoms with Gasteiger partial charge in [-0.3, -0.25) is 0 Å². The van der Waals surface area contributed by atoms with Crippen molar-refractivity contribution >= 4 is 54.6 Å². The molecule has 0 bridgehead atoms. The molecule has 0 aliphatic heterocycles. The monoisotopic (exact) mass is 806 g/mol. The largest absolute Gasteiger partial charge is 0.0622 e. The summed E-state index contributed by atoms with van der Waals surface area (Å²) in [6, 6.07) is 72.6. The van der Waals surface area contributed by atoms with Gasteiger partial charge in [0.2, 0.25) is 0 Å². The van der Waals surface area contributed by atoms with E-state index in [1.54, 1.807) is 0 Å². The molecule has 0 spiro atoms. The van der Waals surface area contributed by atoms with Crippen LogP contribution < -0.4 is 0 Å². The summed E-state index contributed by atoms with van der Waals surface area (Å²) < 4.78 is 0. The van der Waals surface area contributed by atoms with Crippen molar-refractivity contribution in [1.82, 2.24) is 0 Å². The van der Waals surface area contributed by atoms with Gasteiger partial charge in [-0.05, 0) is 156 Å². The first-order valence-corrected chi connectivity index (χ1v) is 22.7. The summed E-state index contributed by atoms with van der Waals surface area (Å²) in [5.74, 6) is 0.431. The molecule has 64 heavy (non-hydrogen) atoms. The fourth-order valence-electron chi connectivity index (χ4n) is 12.8. The predicted octanol–water partition coefficient (Wildman–Crippen LogP) is 17.0. The topological polar surface area (TPSA) is 0 Å². The first-order valence-electron chi connectivity index (χ1n) is 22.7. The van der Waals surface area contributed by atoms with Gasteiger partial charge in [0.1, 0.15) is 0 Å². The molecule has 0 fully saturated rings. The summed E-state index contributed by atoms with van der Waals surface area (Å²) in [7, 11) is 0. The molecule has 0 heterocycles. The van der Waals surface area contributed by atoms with E-state index in [0.29, 0.717) is 0 Å². The Kier molecular flexibility index (Phi) is 6.88. The van der Waals surface area contributed by atoms with Crippen LogP contribution in [-0.2, 0) is 0 Å². The molecule has 0 nitrogen and oxygen atoms in total. The molecular formula is C64H38. The summed E-state index contributed by atoms with van der Waals surface area (Å²) in [4.78, 5) is 0. The second-order valence-electron chi connectivity index (χ2n) is 18.1. The summed E-state index contributed by atoms with van der Waals surface area (Å²) in [6.07, 6.45) is 10.00. The fourth-order valence-corrected chi connectivity index (χ4v) is 12.8. The van der Waals surface area contributed by atoms with Crippen LogP contribution in [0.2, 0.25) is 0 Å². The maximum Gasteiger partial charge on any atom is 0.0212 e. The number of fused-ring (bicyclic) bond motifs is 11. The Bertz CT molecular complexity index is 3590. The van der Waals surface area contributed by atoms with Crippen LogP contribution in [0.3, 0.4) is 0 Å². The first-order chi connectivity index (χ1) is 31.8. The molecule has 0 N–H and O–H groups in total. The van der Waals surface area contributed by atoms with E-state index in [4.69, 9.17) is 0 Å². The van der Waals surface area contributed by atoms with Crippen molar-refractivity contribution in [1.29, 1.82) is 0 Å². The van der Waals surface area contributed by atoms with Crippen molar-refractivity contribution in [2.75, 3.05) is 0 Å². The number of hydrogen-bond donors (Lipinski definition) is 0. The van der Waals surface area contributed by atoms with Gasteiger partial charge in [0.15, 0.2) is 0 Å². The SMILES string of the molecule is C1=C2c3cc4c(-c5ccccc5)c5c(c(-c6ccccc6)c4cc3C3=CC=C4c6c(c(-c7ccccc7)c7ccccc7c6-c6ccccc6)C(=C1)C4C23)-c1cccc2cccc-5c12. The van der Waals surface area contributed by atoms with E-state index in [1.165, 1.54) is 144 Å². The fraction of sp³-hybridized carbons (Fsp3) is 0.0312. The summed E-state index contributed by atoms with van der Waals surface area (Å²) >= 11 is 0. The highest BCUT2D eigenvalue weighted by atomic mass is 14.5. The minimum atomic E-state index is 0.212. The normalized spacial score (nSPS) is 16.8. The van der Waals surface area contributed by atoms with Gasteiger partial charge in [-0.15, -0.1) is 0 Å². The van der Waals surface area contributed by atoms with E-state index in [2.05, 4.69) is 218 Å². The standard InChI is InChI=1S/C64H38/c1-5-17-38(18-6-1)55-42-27-13-14-28-43(42)56(39-19-7-2-8-20-39)64-49-34-32-45-51-36-53-52(35-50(51)44-31-33-48(63(55)64)60(49)59(44)45)57(40-21-9-3-10-22-40)61-46-29-15-25-37-26-16-30-47(54(37)46)62(61)58(53)41-23-11-4-12-24-41/h1-36,59-60H. The van der Waals surface area contributed by atoms with Crippen LogP contribution in [0.1, 0.15) is 22.3 Å². The third kappa shape index (κ3) is 4.42. The average Bonchev–Trinajstić information content (AvgIpc) is 3.99. The van der Waals surface area contributed by atoms with Gasteiger partial charge in [0, 0.05) is 11.8 Å². The Balaban J connectivity index is 1.05. The highest BCUT2D eigenvalue weighted by molar-refractivity contribution is 6.29. The second-order valence-corrected chi connectivity index (χ2v) is 18.1. The lowest BCUT2D eigenvalue weighted by atomic mass is 9.72. The van der Waals surface area contributed by atoms with Gasteiger partial charge in [-0.25, -0.2) is 0 Å². The Morgan fingerprint density at radius 3 is 0.984 bits per heavy atom. The van der Waals surface area contributed by atoms with E-state index in [1.807, 2.05) is 0 Å². The Morgan fingerprint density at radius 1 is 0.234 bits per heavy atom. The van der Waals surface area contributed by atoms with Crippen molar-refractivity contribution in [2.24, 2.45) is 11.8 Å². The Morgan fingerprint density at radius 2 is 0.578 bits per heavy atom. The number of benzene rings is 10. The number of rotatable bonds is 4. The molecule has 0 saturated carbocycles. The van der Waals surface area contributed by atoms with Crippen LogP contribution in [0.5, 0.6) is 0 Å². The molecule has 0 aromatic heterocycles. The van der Waals surface area contributed by atoms with Crippen molar-refractivity contribution < 1.29 is 0 Å². The molecule has 5 aliphatic rings. The molecule has 5 aliphatic carbocycles. The molecule has 0 radical (unpaired) electrons. The van der Waals surface area contributed by atoms with Crippen LogP contribution in [0, 0.1) is 11.8 Å². The lowest BCUT2D eigenvalue weighted by Gasteiger charge is -2.31. The van der Waals surface area contributed by atoms with Gasteiger partial charge < -0.3 is 0 Å². The zero-order chi connectivity index (χ0) is 41.6. The van der Waals surface area contributed by atoms with Gasteiger partial charge in [0.05, 0.1) is 0 Å². The maximum atomic E-state index is 2.59. The summed E-state index contributed by atoms with van der Waals surface area (Å²) in [5.41, 5.74) is 27.0. The van der Waals surface area contributed by atoms with Crippen LogP contribution in [-0.4, -0.2) is 0 Å². The van der Waals surface area contributed by atoms with Gasteiger partial charge >= 0.3 is 0 Å². The third-order valence-corrected chi connectivity index (χ3v) is 15.1. The predicted molar refractivity (Wildman–Crippen MR) is 270 cm³/mol. The van der Waals surface area contributed by atoms with E-state index >= 15 is 0 Å². The van der Waals surface area contributed by atoms with Gasteiger partial charge in [-0.2, -0.15) is 0 Å². The smallest absolute Gasteiger partial charge is 0.0212 e. The van der Waals surface area contributed by atoms with E-state index in [-0.39, 0.29) is 11.8 Å². The molecule has 0 atom stereocenters. The van der Waals surface area contributed by atoms with Crippen LogP contribution in [0.25, 0.3) is 121 Å². The van der Waals surface area contributed by atoms with Crippen molar-refractivity contribution in [3.05, 3.63) is 241 Å². The second kappa shape index (κ2) is 12.8. The molecule has 0 unspecified atom stereocenters. The van der Waals surface area contributed by atoms with E-state index in [9.17, 15) is 0 Å². The third-order valence-electron chi connectivity index (χ3n) is 15.1. The molecule has 0 amide bonds. The Labute approximate surface area is 372 Å². The highest BCUT2D eigenvalue weighted by Crippen LogP contribution is 2.67. The average molecular weight is 807 g/mol. The maximum absolute atomic E-state index is 2.59. The van der Waals surface area contributed by atoms with Crippen molar-refractivity contribution in [3.63, 3.8) is 0 Å². The molecule has 10 aromatic carbocycles. The molecule has 10 aromatic rings. The van der Waals surface area contributed by atoms with Gasteiger partial charge in [0.25, 0.3) is 0 Å². The van der Waals surface area contributed by atoms with Crippen molar-refractivity contribution in [2.45, 2.75) is 0 Å². The molecular weight excluding hydrogens is 769 g/mol. The van der Waals surface area contributed by atoms with Crippen LogP contribution >= 0.6 is 0 Å². The molecule has 294 valence electrons. The zero-order valence-corrected chi connectivity index (χ0v) is 34.9. The Hall–Kier alpha value is -8.06.